The lowest BCUT2D eigenvalue weighted by atomic mass is 10.4. The molecule has 0 saturated carbocycles. The Hall–Kier alpha value is -1.82. The van der Waals surface area contributed by atoms with E-state index >= 15 is 0 Å². The highest BCUT2D eigenvalue weighted by atomic mass is 32.1. The molecule has 0 aromatic carbocycles. The normalized spacial score (nSPS) is 10.6. The smallest absolute Gasteiger partial charge is 0.307 e. The molecule has 0 unspecified atom stereocenters. The summed E-state index contributed by atoms with van der Waals surface area (Å²) in [7, 11) is 0. The van der Waals surface area contributed by atoms with E-state index in [0.29, 0.717) is 18.8 Å². The van der Waals surface area contributed by atoms with Crippen LogP contribution in [0, 0.1) is 6.92 Å². The van der Waals surface area contributed by atoms with Gasteiger partial charge in [0.1, 0.15) is 0 Å². The molecule has 2 rings (SSSR count). The van der Waals surface area contributed by atoms with E-state index in [4.69, 9.17) is 5.73 Å². The third kappa shape index (κ3) is 2.47. The molecule has 0 bridgehead atoms. The van der Waals surface area contributed by atoms with Gasteiger partial charge in [0, 0.05) is 42.1 Å². The van der Waals surface area contributed by atoms with Crippen molar-refractivity contribution in [3.63, 3.8) is 0 Å². The Balaban J connectivity index is 2.21. The van der Waals surface area contributed by atoms with Gasteiger partial charge < -0.3 is 14.9 Å². The minimum atomic E-state index is -0.111. The minimum Gasteiger partial charge on any atom is -0.398 e. The van der Waals surface area contributed by atoms with E-state index in [1.165, 1.54) is 22.0 Å². The second-order valence-electron chi connectivity index (χ2n) is 3.79. The lowest BCUT2D eigenvalue weighted by Gasteiger charge is -2.07. The Bertz CT molecular complexity index is 639. The van der Waals surface area contributed by atoms with Gasteiger partial charge in [-0.15, -0.1) is 0 Å². The van der Waals surface area contributed by atoms with Crippen molar-refractivity contribution in [2.45, 2.75) is 20.0 Å². The fraction of sp³-hybridized carbons (Fsp3) is 0.273. The van der Waals surface area contributed by atoms with Crippen molar-refractivity contribution < 1.29 is 0 Å². The van der Waals surface area contributed by atoms with Crippen LogP contribution in [0.2, 0.25) is 0 Å². The standard InChI is InChI=1S/C11H13N3O2S/c1-8-7-17-11(16)14(8)5-4-13-6-9(12)2-3-10(13)15/h2-3,6-7H,4-5,12H2,1H3. The Morgan fingerprint density at radius 2 is 2.06 bits per heavy atom. The molecule has 2 N–H and O–H groups in total. The van der Waals surface area contributed by atoms with Gasteiger partial charge >= 0.3 is 4.87 Å². The fourth-order valence-corrected chi connectivity index (χ4v) is 2.37. The minimum absolute atomic E-state index is 0.000507. The summed E-state index contributed by atoms with van der Waals surface area (Å²) in [4.78, 5) is 23.0. The summed E-state index contributed by atoms with van der Waals surface area (Å²) >= 11 is 1.17. The second-order valence-corrected chi connectivity index (χ2v) is 4.61. The van der Waals surface area contributed by atoms with E-state index in [1.54, 1.807) is 16.8 Å². The van der Waals surface area contributed by atoms with Crippen LogP contribution in [0.15, 0.2) is 33.3 Å². The van der Waals surface area contributed by atoms with Crippen LogP contribution < -0.4 is 16.2 Å². The largest absolute Gasteiger partial charge is 0.398 e. The molecule has 5 nitrogen and oxygen atoms in total. The van der Waals surface area contributed by atoms with Crippen LogP contribution in [0.1, 0.15) is 5.69 Å². The molecule has 0 radical (unpaired) electrons. The van der Waals surface area contributed by atoms with E-state index in [2.05, 4.69) is 0 Å². The van der Waals surface area contributed by atoms with Gasteiger partial charge in [0.15, 0.2) is 0 Å². The van der Waals surface area contributed by atoms with Crippen LogP contribution in [0.25, 0.3) is 0 Å². The van der Waals surface area contributed by atoms with Crippen molar-refractivity contribution in [3.8, 4) is 0 Å². The number of aromatic nitrogens is 2. The lowest BCUT2D eigenvalue weighted by molar-refractivity contribution is 0.552. The lowest BCUT2D eigenvalue weighted by Crippen LogP contribution is -2.24. The van der Waals surface area contributed by atoms with Crippen molar-refractivity contribution in [1.29, 1.82) is 0 Å². The van der Waals surface area contributed by atoms with Gasteiger partial charge in [0.05, 0.1) is 0 Å². The zero-order chi connectivity index (χ0) is 12.4. The number of aryl methyl sites for hydroxylation is 2. The topological polar surface area (TPSA) is 70.0 Å². The van der Waals surface area contributed by atoms with Gasteiger partial charge in [-0.2, -0.15) is 0 Å². The SMILES string of the molecule is Cc1csc(=O)n1CCn1cc(N)ccc1=O. The Morgan fingerprint density at radius 1 is 1.29 bits per heavy atom. The first-order chi connectivity index (χ1) is 8.08. The molecule has 2 heterocycles. The monoisotopic (exact) mass is 251 g/mol. The third-order valence-corrected chi connectivity index (χ3v) is 3.43. The first-order valence-corrected chi connectivity index (χ1v) is 6.07. The molecule has 0 aliphatic heterocycles. The molecule has 90 valence electrons. The molecule has 0 spiro atoms. The molecule has 6 heteroatoms. The Morgan fingerprint density at radius 3 is 2.71 bits per heavy atom. The highest BCUT2D eigenvalue weighted by Gasteiger charge is 2.03. The fourth-order valence-electron chi connectivity index (χ4n) is 1.61. The van der Waals surface area contributed by atoms with Crippen LogP contribution in [0.3, 0.4) is 0 Å². The maximum absolute atomic E-state index is 11.5. The number of nitrogens with zero attached hydrogens (tertiary/aromatic N) is 2. The maximum Gasteiger partial charge on any atom is 0.307 e. The van der Waals surface area contributed by atoms with Crippen molar-refractivity contribution in [3.05, 3.63) is 49.4 Å². The summed E-state index contributed by atoms with van der Waals surface area (Å²) < 4.78 is 3.17. The van der Waals surface area contributed by atoms with Gasteiger partial charge in [0.2, 0.25) is 0 Å². The highest BCUT2D eigenvalue weighted by molar-refractivity contribution is 7.07. The Labute approximate surface area is 102 Å². The first-order valence-electron chi connectivity index (χ1n) is 5.19. The molecular weight excluding hydrogens is 238 g/mol. The molecule has 17 heavy (non-hydrogen) atoms. The van der Waals surface area contributed by atoms with Crippen LogP contribution in [-0.4, -0.2) is 9.13 Å². The average molecular weight is 251 g/mol. The highest BCUT2D eigenvalue weighted by Crippen LogP contribution is 2.01. The molecule has 2 aromatic rings. The Kier molecular flexibility index (Phi) is 3.14. The summed E-state index contributed by atoms with van der Waals surface area (Å²) in [6, 6.07) is 3.00. The van der Waals surface area contributed by atoms with Crippen molar-refractivity contribution >= 4 is 17.0 Å². The molecule has 0 aliphatic carbocycles. The summed E-state index contributed by atoms with van der Waals surface area (Å²) in [5.41, 5.74) is 6.95. The zero-order valence-corrected chi connectivity index (χ0v) is 10.2. The number of nitrogens with two attached hydrogens (primary N) is 1. The van der Waals surface area contributed by atoms with E-state index < -0.39 is 0 Å². The summed E-state index contributed by atoms with van der Waals surface area (Å²) in [6.45, 7) is 2.80. The van der Waals surface area contributed by atoms with Crippen LogP contribution in [0.4, 0.5) is 5.69 Å². The van der Waals surface area contributed by atoms with Crippen molar-refractivity contribution in [2.75, 3.05) is 5.73 Å². The van der Waals surface area contributed by atoms with Crippen molar-refractivity contribution in [2.24, 2.45) is 0 Å². The number of hydrogen-bond donors (Lipinski definition) is 1. The van der Waals surface area contributed by atoms with Crippen LogP contribution in [-0.2, 0) is 13.1 Å². The van der Waals surface area contributed by atoms with Crippen LogP contribution >= 0.6 is 11.3 Å². The van der Waals surface area contributed by atoms with E-state index in [0.717, 1.165) is 5.69 Å². The number of thiazole rings is 1. The number of nitrogen functional groups attached to an aromatic ring is 1. The number of hydrogen-bond acceptors (Lipinski definition) is 4. The molecule has 0 aliphatic rings. The third-order valence-electron chi connectivity index (χ3n) is 2.55. The summed E-state index contributed by atoms with van der Waals surface area (Å²) in [5, 5.41) is 1.81. The zero-order valence-electron chi connectivity index (χ0n) is 9.42. The molecule has 0 amide bonds. The van der Waals surface area contributed by atoms with E-state index in [-0.39, 0.29) is 10.4 Å². The number of pyridine rings is 1. The average Bonchev–Trinajstić information content (AvgIpc) is 2.61. The quantitative estimate of drug-likeness (QED) is 0.871. The molecule has 2 aromatic heterocycles. The number of rotatable bonds is 3. The van der Waals surface area contributed by atoms with Crippen molar-refractivity contribution in [1.82, 2.24) is 9.13 Å². The van der Waals surface area contributed by atoms with Crippen LogP contribution in [0.5, 0.6) is 0 Å². The van der Waals surface area contributed by atoms with Gasteiger partial charge in [0.25, 0.3) is 5.56 Å². The molecular formula is C11H13N3O2S. The van der Waals surface area contributed by atoms with Gasteiger partial charge in [-0.05, 0) is 13.0 Å². The summed E-state index contributed by atoms with van der Waals surface area (Å²) in [5.74, 6) is 0. The maximum atomic E-state index is 11.5. The van der Waals surface area contributed by atoms with Gasteiger partial charge in [-0.1, -0.05) is 11.3 Å². The van der Waals surface area contributed by atoms with Gasteiger partial charge in [-0.25, -0.2) is 0 Å². The second kappa shape index (κ2) is 4.58. The van der Waals surface area contributed by atoms with Gasteiger partial charge in [-0.3, -0.25) is 9.59 Å². The molecule has 0 fully saturated rings. The number of anilines is 1. The van der Waals surface area contributed by atoms with E-state index in [9.17, 15) is 9.59 Å². The van der Waals surface area contributed by atoms with E-state index in [1.807, 2.05) is 12.3 Å². The predicted molar refractivity (Wildman–Crippen MR) is 68.4 cm³/mol. The summed E-state index contributed by atoms with van der Waals surface area (Å²) in [6.07, 6.45) is 1.59. The molecule has 0 saturated heterocycles. The first kappa shape index (κ1) is 11.7. The predicted octanol–water partition coefficient (Wildman–Crippen LogP) is 0.662. The molecule has 0 atom stereocenters.